The lowest BCUT2D eigenvalue weighted by molar-refractivity contribution is 0.0698. The van der Waals surface area contributed by atoms with E-state index >= 15 is 0 Å². The number of carboxylic acid groups (broad SMARTS) is 1. The molecular formula is C12H12Cl2N2O3. The van der Waals surface area contributed by atoms with Gasteiger partial charge in [0.25, 0.3) is 0 Å². The fourth-order valence-corrected chi connectivity index (χ4v) is 2.23. The van der Waals surface area contributed by atoms with Crippen molar-refractivity contribution in [2.24, 2.45) is 0 Å². The average Bonchev–Trinajstić information content (AvgIpc) is 3.14. The van der Waals surface area contributed by atoms with Gasteiger partial charge in [-0.25, -0.2) is 9.59 Å². The fraction of sp³-hybridized carbons (Fsp3) is 0.333. The second-order valence-corrected chi connectivity index (χ2v) is 5.23. The SMILES string of the molecule is CN(C(=O)Nc1c(Cl)cc(Cl)cc1C(=O)O)C1CC1. The third kappa shape index (κ3) is 3.11. The first kappa shape index (κ1) is 14.0. The Labute approximate surface area is 120 Å². The molecule has 1 saturated carbocycles. The van der Waals surface area contributed by atoms with Crippen LogP contribution < -0.4 is 5.32 Å². The molecule has 0 aromatic heterocycles. The monoisotopic (exact) mass is 302 g/mol. The van der Waals surface area contributed by atoms with Crippen LogP contribution in [0.2, 0.25) is 10.0 Å². The minimum absolute atomic E-state index is 0.0658. The smallest absolute Gasteiger partial charge is 0.337 e. The highest BCUT2D eigenvalue weighted by molar-refractivity contribution is 6.37. The summed E-state index contributed by atoms with van der Waals surface area (Å²) >= 11 is 11.7. The summed E-state index contributed by atoms with van der Waals surface area (Å²) < 4.78 is 0. The highest BCUT2D eigenvalue weighted by Crippen LogP contribution is 2.31. The Morgan fingerprint density at radius 2 is 2.00 bits per heavy atom. The molecule has 0 unspecified atom stereocenters. The normalized spacial score (nSPS) is 14.1. The van der Waals surface area contributed by atoms with Crippen molar-refractivity contribution in [1.82, 2.24) is 4.90 Å². The molecule has 1 aromatic carbocycles. The number of rotatable bonds is 3. The van der Waals surface area contributed by atoms with Crippen LogP contribution >= 0.6 is 23.2 Å². The molecule has 0 spiro atoms. The summed E-state index contributed by atoms with van der Waals surface area (Å²) in [6.07, 6.45) is 1.92. The molecule has 0 bridgehead atoms. The highest BCUT2D eigenvalue weighted by Gasteiger charge is 2.30. The number of hydrogen-bond donors (Lipinski definition) is 2. The van der Waals surface area contributed by atoms with Crippen molar-refractivity contribution < 1.29 is 14.7 Å². The first-order valence-corrected chi connectivity index (χ1v) is 6.42. The first-order chi connectivity index (χ1) is 8.90. The van der Waals surface area contributed by atoms with Gasteiger partial charge in [-0.3, -0.25) is 0 Å². The van der Waals surface area contributed by atoms with Crippen molar-refractivity contribution in [3.63, 3.8) is 0 Å². The lowest BCUT2D eigenvalue weighted by Gasteiger charge is -2.18. The van der Waals surface area contributed by atoms with Gasteiger partial charge < -0.3 is 15.3 Å². The number of carbonyl (C=O) groups excluding carboxylic acids is 1. The number of anilines is 1. The van der Waals surface area contributed by atoms with E-state index in [0.717, 1.165) is 12.8 Å². The van der Waals surface area contributed by atoms with E-state index in [4.69, 9.17) is 28.3 Å². The molecule has 0 radical (unpaired) electrons. The van der Waals surface area contributed by atoms with E-state index < -0.39 is 5.97 Å². The van der Waals surface area contributed by atoms with Crippen LogP contribution in [0, 0.1) is 0 Å². The Morgan fingerprint density at radius 3 is 2.53 bits per heavy atom. The number of nitrogens with one attached hydrogen (secondary N) is 1. The van der Waals surface area contributed by atoms with Gasteiger partial charge in [-0.05, 0) is 25.0 Å². The third-order valence-corrected chi connectivity index (χ3v) is 3.45. The standard InChI is InChI=1S/C12H12Cl2N2O3/c1-16(7-2-3-7)12(19)15-10-8(11(17)18)4-6(13)5-9(10)14/h4-5,7H,2-3H2,1H3,(H,15,19)(H,17,18). The number of hydrogen-bond acceptors (Lipinski definition) is 2. The Hall–Kier alpha value is -1.46. The minimum atomic E-state index is -1.20. The molecule has 0 heterocycles. The van der Waals surface area contributed by atoms with Gasteiger partial charge in [-0.1, -0.05) is 23.2 Å². The quantitative estimate of drug-likeness (QED) is 0.900. The van der Waals surface area contributed by atoms with E-state index in [0.29, 0.717) is 0 Å². The molecule has 0 aliphatic heterocycles. The maximum atomic E-state index is 11.9. The molecule has 0 atom stereocenters. The zero-order valence-corrected chi connectivity index (χ0v) is 11.6. The van der Waals surface area contributed by atoms with Gasteiger partial charge in [-0.2, -0.15) is 0 Å². The van der Waals surface area contributed by atoms with E-state index in [1.165, 1.54) is 17.0 Å². The van der Waals surface area contributed by atoms with Gasteiger partial charge >= 0.3 is 12.0 Å². The lowest BCUT2D eigenvalue weighted by atomic mass is 10.2. The number of halogens is 2. The van der Waals surface area contributed by atoms with Gasteiger partial charge in [0.05, 0.1) is 16.3 Å². The molecule has 1 aliphatic rings. The summed E-state index contributed by atoms with van der Waals surface area (Å²) in [5.41, 5.74) is -0.0638. The van der Waals surface area contributed by atoms with E-state index in [9.17, 15) is 9.59 Å². The maximum absolute atomic E-state index is 11.9. The second kappa shape index (κ2) is 5.27. The molecule has 2 amide bonds. The van der Waals surface area contributed by atoms with E-state index in [1.807, 2.05) is 0 Å². The molecule has 1 aliphatic carbocycles. The number of carboxylic acids is 1. The van der Waals surface area contributed by atoms with Crippen molar-refractivity contribution in [3.8, 4) is 0 Å². The predicted molar refractivity (Wildman–Crippen MR) is 73.2 cm³/mol. The van der Waals surface area contributed by atoms with Gasteiger partial charge in [0.1, 0.15) is 0 Å². The second-order valence-electron chi connectivity index (χ2n) is 4.39. The van der Waals surface area contributed by atoms with Crippen LogP contribution in [0.1, 0.15) is 23.2 Å². The van der Waals surface area contributed by atoms with Crippen LogP contribution in [0.25, 0.3) is 0 Å². The Bertz CT molecular complexity index is 544. The molecule has 2 rings (SSSR count). The zero-order valence-electron chi connectivity index (χ0n) is 10.1. The van der Waals surface area contributed by atoms with Gasteiger partial charge in [0, 0.05) is 18.1 Å². The summed E-state index contributed by atoms with van der Waals surface area (Å²) in [4.78, 5) is 24.6. The summed E-state index contributed by atoms with van der Waals surface area (Å²) in [7, 11) is 1.66. The van der Waals surface area contributed by atoms with Crippen molar-refractivity contribution in [1.29, 1.82) is 0 Å². The molecule has 1 fully saturated rings. The first-order valence-electron chi connectivity index (χ1n) is 5.66. The summed E-state index contributed by atoms with van der Waals surface area (Å²) in [6.45, 7) is 0. The third-order valence-electron chi connectivity index (χ3n) is 2.93. The molecule has 102 valence electrons. The van der Waals surface area contributed by atoms with Gasteiger partial charge in [-0.15, -0.1) is 0 Å². The molecule has 7 heteroatoms. The Balaban J connectivity index is 2.28. The van der Waals surface area contributed by atoms with Crippen LogP contribution in [0.15, 0.2) is 12.1 Å². The molecule has 2 N–H and O–H groups in total. The van der Waals surface area contributed by atoms with E-state index in [2.05, 4.69) is 5.32 Å². The van der Waals surface area contributed by atoms with Gasteiger partial charge in [0.2, 0.25) is 0 Å². The minimum Gasteiger partial charge on any atom is -0.478 e. The fourth-order valence-electron chi connectivity index (χ4n) is 1.69. The van der Waals surface area contributed by atoms with Crippen molar-refractivity contribution >= 4 is 40.9 Å². The van der Waals surface area contributed by atoms with Crippen LogP contribution in [0.4, 0.5) is 10.5 Å². The maximum Gasteiger partial charge on any atom is 0.337 e. The van der Waals surface area contributed by atoms with E-state index in [-0.39, 0.29) is 33.4 Å². The largest absolute Gasteiger partial charge is 0.478 e. The Morgan fingerprint density at radius 1 is 1.37 bits per heavy atom. The average molecular weight is 303 g/mol. The highest BCUT2D eigenvalue weighted by atomic mass is 35.5. The predicted octanol–water partition coefficient (Wildman–Crippen LogP) is 3.32. The topological polar surface area (TPSA) is 69.6 Å². The van der Waals surface area contributed by atoms with Crippen molar-refractivity contribution in [2.75, 3.05) is 12.4 Å². The number of aromatic carboxylic acids is 1. The van der Waals surface area contributed by atoms with Crippen LogP contribution in [-0.4, -0.2) is 35.1 Å². The van der Waals surface area contributed by atoms with Crippen molar-refractivity contribution in [2.45, 2.75) is 18.9 Å². The van der Waals surface area contributed by atoms with Crippen LogP contribution in [-0.2, 0) is 0 Å². The number of amides is 2. The lowest BCUT2D eigenvalue weighted by Crippen LogP contribution is -2.33. The molecule has 0 saturated heterocycles. The number of nitrogens with zero attached hydrogens (tertiary/aromatic N) is 1. The number of carbonyl (C=O) groups is 2. The molecule has 5 nitrogen and oxygen atoms in total. The zero-order chi connectivity index (χ0) is 14.2. The number of urea groups is 1. The van der Waals surface area contributed by atoms with Crippen molar-refractivity contribution in [3.05, 3.63) is 27.7 Å². The van der Waals surface area contributed by atoms with E-state index in [1.54, 1.807) is 7.05 Å². The van der Waals surface area contributed by atoms with Gasteiger partial charge in [0.15, 0.2) is 0 Å². The van der Waals surface area contributed by atoms with Crippen LogP contribution in [0.3, 0.4) is 0 Å². The van der Waals surface area contributed by atoms with Crippen LogP contribution in [0.5, 0.6) is 0 Å². The number of benzene rings is 1. The molecule has 1 aromatic rings. The summed E-state index contributed by atoms with van der Waals surface area (Å²) in [6, 6.07) is 2.48. The molecule has 19 heavy (non-hydrogen) atoms. The summed E-state index contributed by atoms with van der Waals surface area (Å²) in [5, 5.41) is 11.9. The summed E-state index contributed by atoms with van der Waals surface area (Å²) in [5.74, 6) is -1.20. The molecular weight excluding hydrogens is 291 g/mol. The Kier molecular flexibility index (Phi) is 3.87.